The number of carbonyl (C=O) groups is 1. The molecule has 2 fully saturated rings. The Morgan fingerprint density at radius 3 is 2.81 bits per heavy atom. The Bertz CT molecular complexity index is 961. The molecule has 2 heterocycles. The average molecular weight is 385 g/mol. The summed E-state index contributed by atoms with van der Waals surface area (Å²) in [6.07, 6.45) is 4.90. The van der Waals surface area contributed by atoms with Crippen LogP contribution in [0, 0.1) is 18.3 Å². The highest BCUT2D eigenvalue weighted by atomic mass is 32.2. The van der Waals surface area contributed by atoms with E-state index in [4.69, 9.17) is 0 Å². The summed E-state index contributed by atoms with van der Waals surface area (Å²) in [7, 11) is -3.50. The van der Waals surface area contributed by atoms with Crippen molar-refractivity contribution in [3.8, 4) is 0 Å². The Kier molecular flexibility index (Phi) is 4.52. The molecule has 0 radical (unpaired) electrons. The van der Waals surface area contributed by atoms with Gasteiger partial charge in [-0.3, -0.25) is 9.78 Å². The van der Waals surface area contributed by atoms with E-state index in [2.05, 4.69) is 10.3 Å². The molecule has 1 saturated heterocycles. The Labute approximate surface area is 159 Å². The van der Waals surface area contributed by atoms with Crippen LogP contribution in [0.3, 0.4) is 0 Å². The number of benzene rings is 1. The fourth-order valence-electron chi connectivity index (χ4n) is 3.97. The first-order chi connectivity index (χ1) is 12.9. The van der Waals surface area contributed by atoms with E-state index in [0.29, 0.717) is 24.5 Å². The van der Waals surface area contributed by atoms with Crippen LogP contribution in [0.1, 0.15) is 24.0 Å². The van der Waals surface area contributed by atoms with Gasteiger partial charge in [0.25, 0.3) is 0 Å². The van der Waals surface area contributed by atoms with E-state index in [-0.39, 0.29) is 17.2 Å². The molecular formula is C20H23N3O3S. The van der Waals surface area contributed by atoms with E-state index in [1.165, 1.54) is 4.31 Å². The molecule has 0 bridgehead atoms. The van der Waals surface area contributed by atoms with Crippen molar-refractivity contribution in [2.45, 2.75) is 31.2 Å². The van der Waals surface area contributed by atoms with Gasteiger partial charge in [0.05, 0.1) is 4.90 Å². The van der Waals surface area contributed by atoms with Crippen molar-refractivity contribution in [3.05, 3.63) is 59.9 Å². The molecule has 1 aromatic carbocycles. The quantitative estimate of drug-likeness (QED) is 0.855. The van der Waals surface area contributed by atoms with Crippen molar-refractivity contribution in [1.29, 1.82) is 0 Å². The molecule has 2 aliphatic rings. The highest BCUT2D eigenvalue weighted by molar-refractivity contribution is 7.89. The molecule has 142 valence electrons. The Hall–Kier alpha value is -2.25. The minimum Gasteiger partial charge on any atom is -0.352 e. The molecule has 4 rings (SSSR count). The second-order valence-corrected chi connectivity index (χ2v) is 9.54. The lowest BCUT2D eigenvalue weighted by molar-refractivity contribution is -0.123. The highest BCUT2D eigenvalue weighted by Gasteiger charge is 2.62. The van der Waals surface area contributed by atoms with Crippen LogP contribution in [0.2, 0.25) is 0 Å². The minimum absolute atomic E-state index is 0.0154. The maximum atomic E-state index is 12.9. The number of pyridine rings is 1. The molecule has 1 aromatic heterocycles. The summed E-state index contributed by atoms with van der Waals surface area (Å²) in [4.78, 5) is 16.8. The second-order valence-electron chi connectivity index (χ2n) is 7.60. The largest absolute Gasteiger partial charge is 0.352 e. The Morgan fingerprint density at radius 1 is 1.30 bits per heavy atom. The van der Waals surface area contributed by atoms with Gasteiger partial charge in [-0.15, -0.1) is 0 Å². The van der Waals surface area contributed by atoms with Crippen LogP contribution in [0.5, 0.6) is 0 Å². The summed E-state index contributed by atoms with van der Waals surface area (Å²) >= 11 is 0. The number of rotatable bonds is 5. The number of hydrogen-bond acceptors (Lipinski definition) is 4. The molecule has 1 aliphatic carbocycles. The van der Waals surface area contributed by atoms with Gasteiger partial charge < -0.3 is 5.32 Å². The van der Waals surface area contributed by atoms with Gasteiger partial charge in [-0.2, -0.15) is 4.31 Å². The number of sulfonamides is 1. The number of amides is 1. The van der Waals surface area contributed by atoms with Gasteiger partial charge >= 0.3 is 0 Å². The number of nitrogens with zero attached hydrogens (tertiary/aromatic N) is 2. The molecule has 1 N–H and O–H groups in total. The molecule has 1 saturated carbocycles. The first-order valence-electron chi connectivity index (χ1n) is 9.14. The standard InChI is InChI=1S/C20H23N3O3S/c1-15-3-2-4-17(11-15)27(25,26)23-10-7-20(14-23)12-18(20)19(24)22-13-16-5-8-21-9-6-16/h2-6,8-9,11,18H,7,10,12-14H2,1H3,(H,22,24)/t18-,20-/m1/s1. The SMILES string of the molecule is Cc1cccc(S(=O)(=O)N2CC[C@@]3(C[C@@H]3C(=O)NCc3ccncc3)C2)c1. The third-order valence-corrected chi connectivity index (χ3v) is 7.54. The van der Waals surface area contributed by atoms with E-state index >= 15 is 0 Å². The molecule has 2 atom stereocenters. The van der Waals surface area contributed by atoms with E-state index in [1.54, 1.807) is 30.6 Å². The maximum Gasteiger partial charge on any atom is 0.243 e. The summed E-state index contributed by atoms with van der Waals surface area (Å²) in [6.45, 7) is 3.26. The van der Waals surface area contributed by atoms with Crippen LogP contribution >= 0.6 is 0 Å². The zero-order valence-electron chi connectivity index (χ0n) is 15.3. The lowest BCUT2D eigenvalue weighted by Gasteiger charge is -2.17. The zero-order valence-corrected chi connectivity index (χ0v) is 16.1. The average Bonchev–Trinajstić information content (AvgIpc) is 3.19. The van der Waals surface area contributed by atoms with Crippen molar-refractivity contribution in [3.63, 3.8) is 0 Å². The summed E-state index contributed by atoms with van der Waals surface area (Å²) < 4.78 is 27.4. The van der Waals surface area contributed by atoms with Crippen molar-refractivity contribution < 1.29 is 13.2 Å². The number of hydrogen-bond donors (Lipinski definition) is 1. The van der Waals surface area contributed by atoms with Gasteiger partial charge in [-0.1, -0.05) is 12.1 Å². The lowest BCUT2D eigenvalue weighted by Crippen LogP contribution is -2.31. The smallest absolute Gasteiger partial charge is 0.243 e. The first-order valence-corrected chi connectivity index (χ1v) is 10.6. The summed E-state index contributed by atoms with van der Waals surface area (Å²) in [5, 5.41) is 2.97. The van der Waals surface area contributed by atoms with Crippen LogP contribution in [0.4, 0.5) is 0 Å². The number of carbonyl (C=O) groups excluding carboxylic acids is 1. The number of nitrogens with one attached hydrogen (secondary N) is 1. The van der Waals surface area contributed by atoms with E-state index in [1.807, 2.05) is 25.1 Å². The van der Waals surface area contributed by atoms with Gasteiger partial charge in [0.15, 0.2) is 0 Å². The van der Waals surface area contributed by atoms with E-state index < -0.39 is 10.0 Å². The monoisotopic (exact) mass is 385 g/mol. The third kappa shape index (κ3) is 3.49. The van der Waals surface area contributed by atoms with Crippen molar-refractivity contribution in [2.75, 3.05) is 13.1 Å². The van der Waals surface area contributed by atoms with E-state index in [0.717, 1.165) is 24.0 Å². The highest BCUT2D eigenvalue weighted by Crippen LogP contribution is 2.59. The molecule has 0 unspecified atom stereocenters. The third-order valence-electron chi connectivity index (χ3n) is 5.70. The summed E-state index contributed by atoms with van der Waals surface area (Å²) in [5.74, 6) is -0.0846. The van der Waals surface area contributed by atoms with E-state index in [9.17, 15) is 13.2 Å². The minimum atomic E-state index is -3.50. The maximum absolute atomic E-state index is 12.9. The molecule has 7 heteroatoms. The first kappa shape index (κ1) is 18.1. The van der Waals surface area contributed by atoms with Gasteiger partial charge in [-0.05, 0) is 60.6 Å². The van der Waals surface area contributed by atoms with Gasteiger partial charge in [0.2, 0.25) is 15.9 Å². The van der Waals surface area contributed by atoms with Gasteiger partial charge in [0.1, 0.15) is 0 Å². The van der Waals surface area contributed by atoms with Crippen LogP contribution in [-0.2, 0) is 21.4 Å². The fourth-order valence-corrected chi connectivity index (χ4v) is 5.61. The Balaban J connectivity index is 1.39. The lowest BCUT2D eigenvalue weighted by atomic mass is 10.0. The topological polar surface area (TPSA) is 79.4 Å². The summed E-state index contributed by atoms with van der Waals surface area (Å²) in [5.41, 5.74) is 1.73. The molecule has 1 amide bonds. The van der Waals surface area contributed by atoms with Crippen LogP contribution in [0.25, 0.3) is 0 Å². The summed E-state index contributed by atoms with van der Waals surface area (Å²) in [6, 6.07) is 10.7. The van der Waals surface area contributed by atoms with Crippen LogP contribution < -0.4 is 5.32 Å². The predicted molar refractivity (Wildman–Crippen MR) is 101 cm³/mol. The Morgan fingerprint density at radius 2 is 2.07 bits per heavy atom. The normalized spacial score (nSPS) is 24.9. The zero-order chi connectivity index (χ0) is 19.1. The molecule has 6 nitrogen and oxygen atoms in total. The van der Waals surface area contributed by atoms with Gasteiger partial charge in [-0.25, -0.2) is 8.42 Å². The fraction of sp³-hybridized carbons (Fsp3) is 0.400. The van der Waals surface area contributed by atoms with Gasteiger partial charge in [0, 0.05) is 37.9 Å². The van der Waals surface area contributed by atoms with Crippen LogP contribution in [-0.4, -0.2) is 36.7 Å². The molecule has 27 heavy (non-hydrogen) atoms. The molecule has 2 aromatic rings. The predicted octanol–water partition coefficient (Wildman–Crippen LogP) is 2.11. The number of aromatic nitrogens is 1. The van der Waals surface area contributed by atoms with Crippen molar-refractivity contribution in [2.24, 2.45) is 11.3 Å². The second kappa shape index (κ2) is 6.73. The molecular weight excluding hydrogens is 362 g/mol. The number of aryl methyl sites for hydroxylation is 1. The molecule has 1 spiro atoms. The van der Waals surface area contributed by atoms with Crippen molar-refractivity contribution >= 4 is 15.9 Å². The van der Waals surface area contributed by atoms with Crippen molar-refractivity contribution in [1.82, 2.24) is 14.6 Å². The van der Waals surface area contributed by atoms with Crippen LogP contribution in [0.15, 0.2) is 53.7 Å². The molecule has 1 aliphatic heterocycles.